The highest BCUT2D eigenvalue weighted by atomic mass is 32.1. The van der Waals surface area contributed by atoms with Crippen molar-refractivity contribution in [3.8, 4) is 11.3 Å². The van der Waals surface area contributed by atoms with Crippen molar-refractivity contribution in [2.24, 2.45) is 14.1 Å². The predicted molar refractivity (Wildman–Crippen MR) is 138 cm³/mol. The summed E-state index contributed by atoms with van der Waals surface area (Å²) in [6, 6.07) is -2.55. The van der Waals surface area contributed by atoms with Crippen molar-refractivity contribution in [2.45, 2.75) is 44.9 Å². The molecule has 0 aliphatic carbocycles. The summed E-state index contributed by atoms with van der Waals surface area (Å²) in [5, 5.41) is 2.93. The van der Waals surface area contributed by atoms with Crippen LogP contribution in [0, 0.1) is 6.92 Å². The van der Waals surface area contributed by atoms with Crippen LogP contribution in [0.2, 0.25) is 0 Å². The molecule has 39 heavy (non-hydrogen) atoms. The average Bonchev–Trinajstić information content (AvgIpc) is 3.64. The molecule has 16 heteroatoms. The number of nitrogens with zero attached hydrogens (tertiary/aromatic N) is 8. The van der Waals surface area contributed by atoms with Crippen molar-refractivity contribution < 1.29 is 18.0 Å². The fourth-order valence-corrected chi connectivity index (χ4v) is 5.60. The quantitative estimate of drug-likeness (QED) is 0.392. The van der Waals surface area contributed by atoms with Crippen LogP contribution >= 0.6 is 11.3 Å². The number of halogens is 3. The lowest BCUT2D eigenvalue weighted by Gasteiger charge is -2.28. The van der Waals surface area contributed by atoms with Crippen LogP contribution in [0.5, 0.6) is 0 Å². The summed E-state index contributed by atoms with van der Waals surface area (Å²) in [5.74, 6) is -0.373. The Bertz CT molecular complexity index is 1700. The van der Waals surface area contributed by atoms with Gasteiger partial charge in [0.1, 0.15) is 24.2 Å². The molecule has 0 unspecified atom stereocenters. The Kier molecular flexibility index (Phi) is 6.52. The molecule has 1 fully saturated rings. The molecular weight excluding hydrogens is 539 g/mol. The maximum atomic E-state index is 13.6. The SMILES string of the molecule is Cc1sc(NC(=O)[C@H](C)n2cnc3c2c(=O)n(C)c(=O)n3C)nc1-c1cncnc1N1CCC[C@H]1C(F)(F)F. The van der Waals surface area contributed by atoms with Crippen LogP contribution in [0.1, 0.15) is 30.7 Å². The van der Waals surface area contributed by atoms with Gasteiger partial charge in [0, 0.05) is 31.7 Å². The van der Waals surface area contributed by atoms with Crippen molar-refractivity contribution in [3.63, 3.8) is 0 Å². The number of alkyl halides is 3. The number of aryl methyl sites for hydroxylation is 2. The van der Waals surface area contributed by atoms with Gasteiger partial charge in [-0.2, -0.15) is 13.2 Å². The van der Waals surface area contributed by atoms with Crippen LogP contribution in [0.25, 0.3) is 22.4 Å². The van der Waals surface area contributed by atoms with Gasteiger partial charge in [-0.1, -0.05) is 0 Å². The maximum Gasteiger partial charge on any atom is 0.408 e. The Hall–Kier alpha value is -4.08. The highest BCUT2D eigenvalue weighted by molar-refractivity contribution is 7.16. The molecule has 5 rings (SSSR count). The van der Waals surface area contributed by atoms with Gasteiger partial charge >= 0.3 is 11.9 Å². The average molecular weight is 564 g/mol. The molecule has 5 heterocycles. The van der Waals surface area contributed by atoms with Crippen LogP contribution in [-0.2, 0) is 18.9 Å². The zero-order valence-corrected chi connectivity index (χ0v) is 22.2. The lowest BCUT2D eigenvalue weighted by Crippen LogP contribution is -2.41. The number of hydrogen-bond acceptors (Lipinski definition) is 9. The number of thiazole rings is 1. The van der Waals surface area contributed by atoms with E-state index < -0.39 is 35.4 Å². The van der Waals surface area contributed by atoms with E-state index in [4.69, 9.17) is 0 Å². The minimum Gasteiger partial charge on any atom is -0.344 e. The number of aromatic nitrogens is 7. The molecule has 0 spiro atoms. The largest absolute Gasteiger partial charge is 0.408 e. The number of rotatable bonds is 5. The van der Waals surface area contributed by atoms with E-state index >= 15 is 0 Å². The summed E-state index contributed by atoms with van der Waals surface area (Å²) in [6.45, 7) is 3.50. The first-order valence-corrected chi connectivity index (χ1v) is 12.8. The standard InChI is InChI=1S/C23H24F3N9O3S/c1-11(35-10-29-18-16(35)20(37)33(4)22(38)32(18)3)19(36)31-21-30-15(12(2)39-21)13-8-27-9-28-17(13)34-7-5-6-14(34)23(24,25)26/h8-11,14H,5-7H2,1-4H3,(H,30,31,36)/t11-,14-/m0/s1. The molecule has 0 aromatic carbocycles. The molecule has 4 aromatic heterocycles. The smallest absolute Gasteiger partial charge is 0.344 e. The van der Waals surface area contributed by atoms with Gasteiger partial charge in [0.25, 0.3) is 5.56 Å². The molecule has 1 amide bonds. The normalized spacial score (nSPS) is 16.7. The summed E-state index contributed by atoms with van der Waals surface area (Å²) in [7, 11) is 2.82. The molecule has 1 aliphatic rings. The Morgan fingerprint density at radius 1 is 1.21 bits per heavy atom. The molecule has 2 atom stereocenters. The zero-order chi connectivity index (χ0) is 28.2. The van der Waals surface area contributed by atoms with Crippen LogP contribution in [0.4, 0.5) is 24.1 Å². The molecule has 206 valence electrons. The van der Waals surface area contributed by atoms with Gasteiger partial charge in [-0.3, -0.25) is 18.7 Å². The number of carbonyl (C=O) groups excluding carboxylic acids is 1. The van der Waals surface area contributed by atoms with Crippen molar-refractivity contribution in [2.75, 3.05) is 16.8 Å². The first-order chi connectivity index (χ1) is 18.4. The number of amides is 1. The monoisotopic (exact) mass is 563 g/mol. The van der Waals surface area contributed by atoms with E-state index in [1.807, 2.05) is 0 Å². The Balaban J connectivity index is 1.45. The van der Waals surface area contributed by atoms with E-state index in [9.17, 15) is 27.6 Å². The van der Waals surface area contributed by atoms with Gasteiger partial charge in [-0.15, -0.1) is 11.3 Å². The fraction of sp³-hybridized carbons (Fsp3) is 0.435. The second kappa shape index (κ2) is 9.59. The molecule has 1 aliphatic heterocycles. The highest BCUT2D eigenvalue weighted by Crippen LogP contribution is 2.40. The number of nitrogens with one attached hydrogen (secondary N) is 1. The van der Waals surface area contributed by atoms with E-state index in [1.165, 1.54) is 47.0 Å². The number of anilines is 2. The van der Waals surface area contributed by atoms with Crippen molar-refractivity contribution in [1.29, 1.82) is 0 Å². The highest BCUT2D eigenvalue weighted by Gasteiger charge is 2.47. The Morgan fingerprint density at radius 2 is 1.95 bits per heavy atom. The van der Waals surface area contributed by atoms with Crippen LogP contribution in [0.3, 0.4) is 0 Å². The van der Waals surface area contributed by atoms with Crippen molar-refractivity contribution >= 4 is 39.4 Å². The van der Waals surface area contributed by atoms with E-state index in [0.717, 1.165) is 15.9 Å². The second-order valence-electron chi connectivity index (χ2n) is 9.27. The van der Waals surface area contributed by atoms with Gasteiger partial charge in [0.2, 0.25) is 5.91 Å². The van der Waals surface area contributed by atoms with Gasteiger partial charge < -0.3 is 14.8 Å². The third-order valence-corrected chi connectivity index (χ3v) is 7.73. The minimum atomic E-state index is -4.41. The molecular formula is C23H24F3N9O3S. The van der Waals surface area contributed by atoms with E-state index in [-0.39, 0.29) is 35.1 Å². The molecule has 0 radical (unpaired) electrons. The minimum absolute atomic E-state index is 0.0254. The first kappa shape index (κ1) is 26.5. The lowest BCUT2D eigenvalue weighted by atomic mass is 10.1. The number of imidazole rings is 1. The molecule has 0 saturated carbocycles. The zero-order valence-electron chi connectivity index (χ0n) is 21.4. The van der Waals surface area contributed by atoms with E-state index in [1.54, 1.807) is 13.8 Å². The third kappa shape index (κ3) is 4.47. The van der Waals surface area contributed by atoms with Gasteiger partial charge in [0.15, 0.2) is 16.3 Å². The number of hydrogen-bond donors (Lipinski definition) is 1. The molecule has 1 N–H and O–H groups in total. The number of carbonyl (C=O) groups is 1. The number of fused-ring (bicyclic) bond motifs is 1. The van der Waals surface area contributed by atoms with Gasteiger partial charge in [0.05, 0.1) is 17.6 Å². The van der Waals surface area contributed by atoms with Gasteiger partial charge in [-0.25, -0.2) is 24.7 Å². The summed E-state index contributed by atoms with van der Waals surface area (Å²) >= 11 is 1.15. The van der Waals surface area contributed by atoms with Crippen LogP contribution in [0.15, 0.2) is 28.4 Å². The third-order valence-electron chi connectivity index (χ3n) is 6.85. The van der Waals surface area contributed by atoms with Crippen molar-refractivity contribution in [1.82, 2.24) is 33.6 Å². The second-order valence-corrected chi connectivity index (χ2v) is 10.5. The Morgan fingerprint density at radius 3 is 2.67 bits per heavy atom. The first-order valence-electron chi connectivity index (χ1n) is 11.9. The molecule has 4 aromatic rings. The lowest BCUT2D eigenvalue weighted by molar-refractivity contribution is -0.146. The predicted octanol–water partition coefficient (Wildman–Crippen LogP) is 2.39. The summed E-state index contributed by atoms with van der Waals surface area (Å²) in [6.07, 6.45) is -0.120. The van der Waals surface area contributed by atoms with Crippen LogP contribution in [-0.4, -0.2) is 58.3 Å². The maximum absolute atomic E-state index is 13.6. The summed E-state index contributed by atoms with van der Waals surface area (Å²) in [5.41, 5.74) is -0.196. The van der Waals surface area contributed by atoms with Crippen LogP contribution < -0.4 is 21.5 Å². The van der Waals surface area contributed by atoms with E-state index in [0.29, 0.717) is 22.6 Å². The van der Waals surface area contributed by atoms with E-state index in [2.05, 4.69) is 25.3 Å². The van der Waals surface area contributed by atoms with Gasteiger partial charge in [-0.05, 0) is 26.7 Å². The Labute approximate surface area is 222 Å². The summed E-state index contributed by atoms with van der Waals surface area (Å²) in [4.78, 5) is 56.8. The topological polar surface area (TPSA) is 133 Å². The molecule has 0 bridgehead atoms. The van der Waals surface area contributed by atoms with Crippen molar-refractivity contribution in [3.05, 3.63) is 44.6 Å². The molecule has 1 saturated heterocycles. The molecule has 12 nitrogen and oxygen atoms in total. The fourth-order valence-electron chi connectivity index (χ4n) is 4.77. The summed E-state index contributed by atoms with van der Waals surface area (Å²) < 4.78 is 44.5.